The number of nitrogens with one attached hydrogen (secondary N) is 1. The normalized spacial score (nSPS) is 11.4. The van der Waals surface area contributed by atoms with Crippen LogP contribution in [0.1, 0.15) is 17.2 Å². The summed E-state index contributed by atoms with van der Waals surface area (Å²) in [5, 5.41) is 23.1. The summed E-state index contributed by atoms with van der Waals surface area (Å²) >= 11 is 1.55. The summed E-state index contributed by atoms with van der Waals surface area (Å²) in [6, 6.07) is 15.0. The Hall–Kier alpha value is -2.45. The molecule has 0 spiro atoms. The highest BCUT2D eigenvalue weighted by Crippen LogP contribution is 2.23. The number of nitriles is 1. The van der Waals surface area contributed by atoms with Crippen LogP contribution in [-0.2, 0) is 4.79 Å². The summed E-state index contributed by atoms with van der Waals surface area (Å²) < 4.78 is 0. The molecule has 5 heteroatoms. The Kier molecular flexibility index (Phi) is 4.85. The van der Waals surface area contributed by atoms with Crippen LogP contribution in [0.3, 0.4) is 0 Å². The minimum Gasteiger partial charge on any atom is -0.548 e. The number of thioether (sulfide) groups is 1. The molecule has 1 N–H and O–H groups in total. The second-order valence-corrected chi connectivity index (χ2v) is 5.24. The van der Waals surface area contributed by atoms with Crippen LogP contribution in [0.2, 0.25) is 0 Å². The van der Waals surface area contributed by atoms with Crippen molar-refractivity contribution in [2.45, 2.75) is 10.9 Å². The van der Waals surface area contributed by atoms with Gasteiger partial charge in [0.15, 0.2) is 0 Å². The van der Waals surface area contributed by atoms with Crippen LogP contribution < -0.4 is 10.4 Å². The average molecular weight is 297 g/mol. The Balaban J connectivity index is 2.26. The maximum absolute atomic E-state index is 11.4. The van der Waals surface area contributed by atoms with E-state index in [1.807, 2.05) is 30.5 Å². The molecule has 4 nitrogen and oxygen atoms in total. The molecule has 2 rings (SSSR count). The number of carbonyl (C=O) groups excluding carboxylic acids is 1. The zero-order valence-corrected chi connectivity index (χ0v) is 12.2. The smallest absolute Gasteiger partial charge is 0.0991 e. The third-order valence-corrected chi connectivity index (χ3v) is 3.71. The number of carbonyl (C=O) groups is 1. The maximum Gasteiger partial charge on any atom is 0.0991 e. The highest BCUT2D eigenvalue weighted by molar-refractivity contribution is 7.98. The van der Waals surface area contributed by atoms with E-state index in [-0.39, 0.29) is 0 Å². The van der Waals surface area contributed by atoms with Crippen LogP contribution in [0.15, 0.2) is 53.4 Å². The molecule has 0 aliphatic carbocycles. The van der Waals surface area contributed by atoms with E-state index in [1.165, 1.54) is 0 Å². The number of nitrogens with zero attached hydrogens (tertiary/aromatic N) is 1. The van der Waals surface area contributed by atoms with Crippen LogP contribution in [0.4, 0.5) is 5.69 Å². The fraction of sp³-hybridized carbons (Fsp3) is 0.125. The maximum atomic E-state index is 11.4. The van der Waals surface area contributed by atoms with E-state index >= 15 is 0 Å². The second kappa shape index (κ2) is 6.82. The van der Waals surface area contributed by atoms with Crippen molar-refractivity contribution in [2.75, 3.05) is 11.6 Å². The molecule has 0 amide bonds. The number of benzene rings is 2. The largest absolute Gasteiger partial charge is 0.548 e. The van der Waals surface area contributed by atoms with Gasteiger partial charge in [0, 0.05) is 10.6 Å². The van der Waals surface area contributed by atoms with Gasteiger partial charge in [0.25, 0.3) is 0 Å². The molecule has 1 atom stereocenters. The van der Waals surface area contributed by atoms with Crippen LogP contribution in [-0.4, -0.2) is 12.2 Å². The molecule has 21 heavy (non-hydrogen) atoms. The molecule has 0 heterocycles. The van der Waals surface area contributed by atoms with E-state index in [2.05, 4.69) is 5.32 Å². The molecule has 0 bridgehead atoms. The van der Waals surface area contributed by atoms with E-state index in [4.69, 9.17) is 5.26 Å². The van der Waals surface area contributed by atoms with Crippen molar-refractivity contribution in [3.8, 4) is 6.07 Å². The van der Waals surface area contributed by atoms with E-state index < -0.39 is 12.0 Å². The number of aliphatic carboxylic acids is 1. The molecule has 2 aromatic carbocycles. The molecule has 2 aromatic rings. The van der Waals surface area contributed by atoms with Gasteiger partial charge in [-0.3, -0.25) is 0 Å². The first-order valence-corrected chi connectivity index (χ1v) is 7.48. The summed E-state index contributed by atoms with van der Waals surface area (Å²) in [5.74, 6) is -1.20. The summed E-state index contributed by atoms with van der Waals surface area (Å²) in [4.78, 5) is 12.4. The van der Waals surface area contributed by atoms with Gasteiger partial charge >= 0.3 is 0 Å². The lowest BCUT2D eigenvalue weighted by Crippen LogP contribution is -2.34. The molecule has 0 aliphatic rings. The summed E-state index contributed by atoms with van der Waals surface area (Å²) in [6.07, 6.45) is 1.93. The Morgan fingerprint density at radius 1 is 1.29 bits per heavy atom. The van der Waals surface area contributed by atoms with Gasteiger partial charge in [-0.2, -0.15) is 5.26 Å². The van der Waals surface area contributed by atoms with Crippen molar-refractivity contribution < 1.29 is 9.90 Å². The predicted octanol–water partition coefficient (Wildman–Crippen LogP) is 2.18. The molecule has 0 aliphatic heterocycles. The van der Waals surface area contributed by atoms with Crippen molar-refractivity contribution in [3.63, 3.8) is 0 Å². The van der Waals surface area contributed by atoms with Crippen molar-refractivity contribution in [1.29, 1.82) is 5.26 Å². The first kappa shape index (κ1) is 14.9. The van der Waals surface area contributed by atoms with Gasteiger partial charge in [-0.25, -0.2) is 0 Å². The first-order valence-electron chi connectivity index (χ1n) is 6.25. The summed E-state index contributed by atoms with van der Waals surface area (Å²) in [6.45, 7) is 0. The number of hydrogen-bond acceptors (Lipinski definition) is 5. The Labute approximate surface area is 127 Å². The zero-order chi connectivity index (χ0) is 15.2. The molecular formula is C16H13N2O2S-. The molecular weight excluding hydrogens is 284 g/mol. The highest BCUT2D eigenvalue weighted by Gasteiger charge is 2.13. The highest BCUT2D eigenvalue weighted by atomic mass is 32.2. The zero-order valence-electron chi connectivity index (χ0n) is 11.4. The second-order valence-electron chi connectivity index (χ2n) is 4.36. The quantitative estimate of drug-likeness (QED) is 0.856. The lowest BCUT2D eigenvalue weighted by Gasteiger charge is -2.22. The summed E-state index contributed by atoms with van der Waals surface area (Å²) in [7, 11) is 0. The van der Waals surface area contributed by atoms with E-state index in [9.17, 15) is 9.90 Å². The van der Waals surface area contributed by atoms with Crippen molar-refractivity contribution in [2.24, 2.45) is 0 Å². The number of anilines is 1. The van der Waals surface area contributed by atoms with Crippen molar-refractivity contribution >= 4 is 23.4 Å². The van der Waals surface area contributed by atoms with Gasteiger partial charge in [0.1, 0.15) is 0 Å². The van der Waals surface area contributed by atoms with Gasteiger partial charge in [-0.15, -0.1) is 11.8 Å². The monoisotopic (exact) mass is 297 g/mol. The van der Waals surface area contributed by atoms with Gasteiger partial charge in [-0.1, -0.05) is 12.1 Å². The minimum atomic E-state index is -1.20. The van der Waals surface area contributed by atoms with Crippen molar-refractivity contribution in [3.05, 3.63) is 59.7 Å². The molecule has 0 fully saturated rings. The van der Waals surface area contributed by atoms with E-state index in [1.54, 1.807) is 42.1 Å². The van der Waals surface area contributed by atoms with Gasteiger partial charge < -0.3 is 15.2 Å². The van der Waals surface area contributed by atoms with Gasteiger partial charge in [0.05, 0.1) is 23.6 Å². The fourth-order valence-corrected chi connectivity index (χ4v) is 2.38. The van der Waals surface area contributed by atoms with Crippen LogP contribution in [0.25, 0.3) is 0 Å². The number of hydrogen-bond donors (Lipinski definition) is 1. The Bertz CT molecular complexity index is 677. The third kappa shape index (κ3) is 3.77. The molecule has 106 valence electrons. The molecule has 0 saturated heterocycles. The first-order chi connectivity index (χ1) is 10.1. The van der Waals surface area contributed by atoms with Crippen LogP contribution >= 0.6 is 11.8 Å². The van der Waals surface area contributed by atoms with Crippen LogP contribution in [0, 0.1) is 11.3 Å². The van der Waals surface area contributed by atoms with E-state index in [0.717, 1.165) is 4.90 Å². The van der Waals surface area contributed by atoms with E-state index in [0.29, 0.717) is 16.8 Å². The number of carboxylic acids is 1. The SMILES string of the molecule is CSc1cccc(C(Nc2ccc(C#N)cc2)C(=O)[O-])c1. The molecule has 0 saturated carbocycles. The molecule has 0 aromatic heterocycles. The molecule has 0 radical (unpaired) electrons. The van der Waals surface area contributed by atoms with Crippen molar-refractivity contribution in [1.82, 2.24) is 0 Å². The summed E-state index contributed by atoms with van der Waals surface area (Å²) in [5.41, 5.74) is 1.78. The minimum absolute atomic E-state index is 0.523. The molecule has 1 unspecified atom stereocenters. The average Bonchev–Trinajstić information content (AvgIpc) is 2.53. The topological polar surface area (TPSA) is 76.0 Å². The van der Waals surface area contributed by atoms with Crippen LogP contribution in [0.5, 0.6) is 0 Å². The Morgan fingerprint density at radius 3 is 2.57 bits per heavy atom. The number of rotatable bonds is 5. The van der Waals surface area contributed by atoms with Gasteiger partial charge in [0.2, 0.25) is 0 Å². The lowest BCUT2D eigenvalue weighted by molar-refractivity contribution is -0.307. The fourth-order valence-electron chi connectivity index (χ4n) is 1.91. The third-order valence-electron chi connectivity index (χ3n) is 2.99. The lowest BCUT2D eigenvalue weighted by atomic mass is 10.1. The van der Waals surface area contributed by atoms with Gasteiger partial charge in [-0.05, 0) is 48.2 Å². The standard InChI is InChI=1S/C16H14N2O2S/c1-21-14-4-2-3-12(9-14)15(16(19)20)18-13-7-5-11(10-17)6-8-13/h2-9,15,18H,1H3,(H,19,20)/p-1. The Morgan fingerprint density at radius 2 is 2.00 bits per heavy atom. The number of carboxylic acid groups (broad SMARTS) is 1. The predicted molar refractivity (Wildman–Crippen MR) is 80.8 cm³/mol.